The standard InChI is InChI=1S/C12H15NO2S/c1-10-3-5-12(6-4-10)16(14,15)13-8-7-11(2)9-13/h3-6,9H,7-8H2,1-2H3. The van der Waals surface area contributed by atoms with Gasteiger partial charge in [-0.05, 0) is 32.4 Å². The number of rotatable bonds is 2. The summed E-state index contributed by atoms with van der Waals surface area (Å²) in [6.07, 6.45) is 2.54. The molecular weight excluding hydrogens is 222 g/mol. The van der Waals surface area contributed by atoms with E-state index >= 15 is 0 Å². The maximum Gasteiger partial charge on any atom is 0.263 e. The van der Waals surface area contributed by atoms with Crippen LogP contribution in [0.15, 0.2) is 40.9 Å². The molecule has 0 aromatic heterocycles. The summed E-state index contributed by atoms with van der Waals surface area (Å²) in [6.45, 7) is 4.45. The van der Waals surface area contributed by atoms with E-state index in [4.69, 9.17) is 0 Å². The fraction of sp³-hybridized carbons (Fsp3) is 0.333. The van der Waals surface area contributed by atoms with E-state index in [1.54, 1.807) is 18.3 Å². The minimum absolute atomic E-state index is 0.365. The second kappa shape index (κ2) is 3.94. The molecule has 1 heterocycles. The predicted octanol–water partition coefficient (Wildman–Crippen LogP) is 2.29. The first-order chi connectivity index (χ1) is 7.50. The van der Waals surface area contributed by atoms with Gasteiger partial charge in [-0.25, -0.2) is 8.42 Å². The van der Waals surface area contributed by atoms with Gasteiger partial charge in [-0.15, -0.1) is 0 Å². The van der Waals surface area contributed by atoms with Gasteiger partial charge in [0.15, 0.2) is 0 Å². The minimum Gasteiger partial charge on any atom is -0.273 e. The van der Waals surface area contributed by atoms with Gasteiger partial charge in [-0.3, -0.25) is 4.31 Å². The molecule has 0 amide bonds. The van der Waals surface area contributed by atoms with Crippen molar-refractivity contribution in [3.63, 3.8) is 0 Å². The van der Waals surface area contributed by atoms with E-state index in [1.807, 2.05) is 26.0 Å². The number of aryl methyl sites for hydroxylation is 1. The first-order valence-electron chi connectivity index (χ1n) is 5.26. The van der Waals surface area contributed by atoms with Crippen LogP contribution in [0.2, 0.25) is 0 Å². The first kappa shape index (κ1) is 11.2. The number of hydrogen-bond acceptors (Lipinski definition) is 2. The van der Waals surface area contributed by atoms with E-state index in [-0.39, 0.29) is 0 Å². The molecule has 1 aromatic rings. The average molecular weight is 237 g/mol. The van der Waals surface area contributed by atoms with Crippen LogP contribution >= 0.6 is 0 Å². The summed E-state index contributed by atoms with van der Waals surface area (Å²) in [4.78, 5) is 0.365. The van der Waals surface area contributed by atoms with E-state index in [0.717, 1.165) is 17.6 Å². The van der Waals surface area contributed by atoms with Crippen LogP contribution < -0.4 is 0 Å². The zero-order valence-corrected chi connectivity index (χ0v) is 10.3. The predicted molar refractivity (Wildman–Crippen MR) is 63.4 cm³/mol. The SMILES string of the molecule is CC1=CN(S(=O)(=O)c2ccc(C)cc2)CC1. The third-order valence-electron chi connectivity index (χ3n) is 2.72. The lowest BCUT2D eigenvalue weighted by Crippen LogP contribution is -2.23. The Morgan fingerprint density at radius 2 is 1.75 bits per heavy atom. The molecule has 0 fully saturated rings. The summed E-state index contributed by atoms with van der Waals surface area (Å²) in [5, 5.41) is 0. The lowest BCUT2D eigenvalue weighted by molar-refractivity contribution is 0.517. The number of nitrogens with zero attached hydrogens (tertiary/aromatic N) is 1. The molecule has 1 aromatic carbocycles. The molecule has 0 radical (unpaired) electrons. The van der Waals surface area contributed by atoms with Crippen molar-refractivity contribution < 1.29 is 8.42 Å². The van der Waals surface area contributed by atoms with Crippen molar-refractivity contribution in [1.29, 1.82) is 0 Å². The molecule has 0 atom stereocenters. The molecule has 0 unspecified atom stereocenters. The van der Waals surface area contributed by atoms with Crippen LogP contribution in [0, 0.1) is 6.92 Å². The van der Waals surface area contributed by atoms with Gasteiger partial charge in [-0.2, -0.15) is 0 Å². The summed E-state index contributed by atoms with van der Waals surface area (Å²) in [5.41, 5.74) is 2.17. The number of hydrogen-bond donors (Lipinski definition) is 0. The Bertz CT molecular complexity index is 514. The average Bonchev–Trinajstić information content (AvgIpc) is 2.66. The Labute approximate surface area is 96.4 Å². The van der Waals surface area contributed by atoms with Crippen molar-refractivity contribution in [2.45, 2.75) is 25.2 Å². The van der Waals surface area contributed by atoms with E-state index in [0.29, 0.717) is 11.4 Å². The molecule has 0 aliphatic carbocycles. The van der Waals surface area contributed by atoms with Gasteiger partial charge in [0, 0.05) is 12.7 Å². The fourth-order valence-corrected chi connectivity index (χ4v) is 3.10. The van der Waals surface area contributed by atoms with E-state index in [2.05, 4.69) is 0 Å². The van der Waals surface area contributed by atoms with Gasteiger partial charge in [0.05, 0.1) is 4.90 Å². The highest BCUT2D eigenvalue weighted by molar-refractivity contribution is 7.89. The molecule has 0 N–H and O–H groups in total. The summed E-state index contributed by atoms with van der Waals surface area (Å²) >= 11 is 0. The highest BCUT2D eigenvalue weighted by atomic mass is 32.2. The summed E-state index contributed by atoms with van der Waals surface area (Å²) in [7, 11) is -3.33. The molecular formula is C12H15NO2S. The Hall–Kier alpha value is -1.29. The maximum atomic E-state index is 12.2. The van der Waals surface area contributed by atoms with Crippen LogP contribution in [0.4, 0.5) is 0 Å². The fourth-order valence-electron chi connectivity index (χ4n) is 1.70. The normalized spacial score (nSPS) is 16.4. The molecule has 2 rings (SSSR count). The van der Waals surface area contributed by atoms with Gasteiger partial charge in [-0.1, -0.05) is 23.3 Å². The molecule has 4 heteroatoms. The van der Waals surface area contributed by atoms with Crippen LogP contribution in [0.1, 0.15) is 18.9 Å². The van der Waals surface area contributed by atoms with Crippen molar-refractivity contribution >= 4 is 10.0 Å². The van der Waals surface area contributed by atoms with Crippen molar-refractivity contribution in [2.24, 2.45) is 0 Å². The van der Waals surface area contributed by atoms with Gasteiger partial charge in [0.1, 0.15) is 0 Å². The van der Waals surface area contributed by atoms with E-state index in [9.17, 15) is 8.42 Å². The summed E-state index contributed by atoms with van der Waals surface area (Å²) in [6, 6.07) is 6.96. The number of benzene rings is 1. The number of sulfonamides is 1. The van der Waals surface area contributed by atoms with Crippen molar-refractivity contribution in [3.05, 3.63) is 41.6 Å². The van der Waals surface area contributed by atoms with Crippen molar-refractivity contribution in [3.8, 4) is 0 Å². The molecule has 1 aliphatic heterocycles. The van der Waals surface area contributed by atoms with Gasteiger partial charge in [0.2, 0.25) is 0 Å². The van der Waals surface area contributed by atoms with Gasteiger partial charge in [0.25, 0.3) is 10.0 Å². The third-order valence-corrected chi connectivity index (χ3v) is 4.49. The Morgan fingerprint density at radius 3 is 2.25 bits per heavy atom. The lowest BCUT2D eigenvalue weighted by Gasteiger charge is -2.15. The van der Waals surface area contributed by atoms with E-state index < -0.39 is 10.0 Å². The van der Waals surface area contributed by atoms with Crippen LogP contribution in [0.3, 0.4) is 0 Å². The second-order valence-corrected chi connectivity index (χ2v) is 6.04. The molecule has 1 aliphatic rings. The quantitative estimate of drug-likeness (QED) is 0.791. The maximum absolute atomic E-state index is 12.2. The molecule has 0 bridgehead atoms. The molecule has 0 saturated heterocycles. The molecule has 3 nitrogen and oxygen atoms in total. The highest BCUT2D eigenvalue weighted by Crippen LogP contribution is 2.22. The molecule has 0 spiro atoms. The lowest BCUT2D eigenvalue weighted by atomic mass is 10.2. The highest BCUT2D eigenvalue weighted by Gasteiger charge is 2.24. The van der Waals surface area contributed by atoms with Crippen LogP contribution in [0.5, 0.6) is 0 Å². The van der Waals surface area contributed by atoms with E-state index in [1.165, 1.54) is 4.31 Å². The van der Waals surface area contributed by atoms with Crippen LogP contribution in [0.25, 0.3) is 0 Å². The third kappa shape index (κ3) is 1.97. The zero-order chi connectivity index (χ0) is 11.8. The zero-order valence-electron chi connectivity index (χ0n) is 9.47. The van der Waals surface area contributed by atoms with Gasteiger partial charge >= 0.3 is 0 Å². The first-order valence-corrected chi connectivity index (χ1v) is 6.70. The van der Waals surface area contributed by atoms with Crippen LogP contribution in [-0.4, -0.2) is 19.3 Å². The Morgan fingerprint density at radius 1 is 1.12 bits per heavy atom. The smallest absolute Gasteiger partial charge is 0.263 e. The van der Waals surface area contributed by atoms with Gasteiger partial charge < -0.3 is 0 Å². The molecule has 86 valence electrons. The Kier molecular flexibility index (Phi) is 2.76. The topological polar surface area (TPSA) is 37.4 Å². The monoisotopic (exact) mass is 237 g/mol. The molecule has 16 heavy (non-hydrogen) atoms. The summed E-state index contributed by atoms with van der Waals surface area (Å²) in [5.74, 6) is 0. The summed E-state index contributed by atoms with van der Waals surface area (Å²) < 4.78 is 25.8. The van der Waals surface area contributed by atoms with Crippen molar-refractivity contribution in [1.82, 2.24) is 4.31 Å². The second-order valence-electron chi connectivity index (χ2n) is 4.15. The minimum atomic E-state index is -3.33. The largest absolute Gasteiger partial charge is 0.273 e. The van der Waals surface area contributed by atoms with Crippen LogP contribution in [-0.2, 0) is 10.0 Å². The Balaban J connectivity index is 2.36. The molecule has 0 saturated carbocycles. The van der Waals surface area contributed by atoms with Crippen molar-refractivity contribution in [2.75, 3.05) is 6.54 Å².